The van der Waals surface area contributed by atoms with E-state index in [0.29, 0.717) is 0 Å². The molecule has 0 aromatic heterocycles. The average Bonchev–Trinajstić information content (AvgIpc) is 2.68. The van der Waals surface area contributed by atoms with Crippen LogP contribution in [0.2, 0.25) is 0 Å². The Balaban J connectivity index is 1.81. The van der Waals surface area contributed by atoms with Gasteiger partial charge in [0.05, 0.1) is 0 Å². The summed E-state index contributed by atoms with van der Waals surface area (Å²) in [7, 11) is 0. The highest BCUT2D eigenvalue weighted by atomic mass is 15.3. The Morgan fingerprint density at radius 2 is 1.74 bits per heavy atom. The molecule has 2 rings (SSSR count). The lowest BCUT2D eigenvalue weighted by atomic mass is 9.94. The van der Waals surface area contributed by atoms with Crippen LogP contribution in [0.5, 0.6) is 0 Å². The molecule has 2 nitrogen and oxygen atoms in total. The quantitative estimate of drug-likeness (QED) is 0.669. The van der Waals surface area contributed by atoms with E-state index in [0.717, 1.165) is 24.2 Å². The lowest BCUT2D eigenvalue weighted by Crippen LogP contribution is -2.52. The Labute approximate surface area is 120 Å². The van der Waals surface area contributed by atoms with Crippen LogP contribution in [-0.2, 0) is 0 Å². The molecule has 0 aromatic carbocycles. The third kappa shape index (κ3) is 3.95. The van der Waals surface area contributed by atoms with Crippen molar-refractivity contribution in [1.82, 2.24) is 10.2 Å². The van der Waals surface area contributed by atoms with Crippen LogP contribution in [0.15, 0.2) is 0 Å². The second kappa shape index (κ2) is 7.64. The number of unbranched alkanes of at least 4 members (excludes halogenated alkanes) is 2. The lowest BCUT2D eigenvalue weighted by molar-refractivity contribution is 0.0723. The fourth-order valence-electron chi connectivity index (χ4n) is 4.29. The Morgan fingerprint density at radius 1 is 1.05 bits per heavy atom. The van der Waals surface area contributed by atoms with Gasteiger partial charge in [-0.15, -0.1) is 0 Å². The summed E-state index contributed by atoms with van der Waals surface area (Å²) in [4.78, 5) is 2.89. The van der Waals surface area contributed by atoms with Crippen molar-refractivity contribution in [1.29, 1.82) is 0 Å². The van der Waals surface area contributed by atoms with Crippen LogP contribution in [0.1, 0.15) is 78.6 Å². The van der Waals surface area contributed by atoms with E-state index in [4.69, 9.17) is 0 Å². The maximum atomic E-state index is 3.76. The lowest BCUT2D eigenvalue weighted by Gasteiger charge is -2.43. The number of nitrogens with one attached hydrogen (secondary N) is 1. The minimum Gasteiger partial charge on any atom is -0.314 e. The van der Waals surface area contributed by atoms with Gasteiger partial charge in [0.2, 0.25) is 0 Å². The average molecular weight is 266 g/mol. The largest absolute Gasteiger partial charge is 0.314 e. The van der Waals surface area contributed by atoms with Crippen molar-refractivity contribution < 1.29 is 0 Å². The topological polar surface area (TPSA) is 15.3 Å². The number of rotatable bonds is 8. The Morgan fingerprint density at radius 3 is 2.32 bits per heavy atom. The summed E-state index contributed by atoms with van der Waals surface area (Å²) in [6, 6.07) is 3.38. The van der Waals surface area contributed by atoms with Gasteiger partial charge in [-0.05, 0) is 52.0 Å². The van der Waals surface area contributed by atoms with Crippen LogP contribution in [0.4, 0.5) is 0 Å². The summed E-state index contributed by atoms with van der Waals surface area (Å²) in [6.45, 7) is 8.25. The first-order valence-electron chi connectivity index (χ1n) is 8.77. The van der Waals surface area contributed by atoms with Gasteiger partial charge in [0.1, 0.15) is 0 Å². The number of hydrogen-bond acceptors (Lipinski definition) is 2. The van der Waals surface area contributed by atoms with E-state index in [9.17, 15) is 0 Å². The third-order valence-corrected chi connectivity index (χ3v) is 5.21. The molecule has 2 bridgehead atoms. The van der Waals surface area contributed by atoms with Gasteiger partial charge in [0.15, 0.2) is 0 Å². The molecule has 0 aromatic rings. The van der Waals surface area contributed by atoms with E-state index in [-0.39, 0.29) is 0 Å². The number of fused-ring (bicyclic) bond motifs is 2. The molecule has 0 radical (unpaired) electrons. The zero-order valence-electron chi connectivity index (χ0n) is 13.3. The van der Waals surface area contributed by atoms with Gasteiger partial charge >= 0.3 is 0 Å². The van der Waals surface area contributed by atoms with Gasteiger partial charge in [0, 0.05) is 24.2 Å². The highest BCUT2D eigenvalue weighted by Gasteiger charge is 2.42. The van der Waals surface area contributed by atoms with Crippen LogP contribution in [0, 0.1) is 0 Å². The zero-order chi connectivity index (χ0) is 13.7. The molecular formula is C17H34N2. The van der Waals surface area contributed by atoms with E-state index in [1.807, 2.05) is 0 Å². The van der Waals surface area contributed by atoms with Crippen molar-refractivity contribution in [2.45, 2.75) is 103 Å². The van der Waals surface area contributed by atoms with Crippen LogP contribution in [-0.4, -0.2) is 35.6 Å². The van der Waals surface area contributed by atoms with Gasteiger partial charge in [-0.1, -0.05) is 33.1 Å². The van der Waals surface area contributed by atoms with Gasteiger partial charge in [-0.2, -0.15) is 0 Å². The summed E-state index contributed by atoms with van der Waals surface area (Å²) in [5.41, 5.74) is 0. The second-order valence-corrected chi connectivity index (χ2v) is 6.80. The predicted molar refractivity (Wildman–Crippen MR) is 83.6 cm³/mol. The molecular weight excluding hydrogens is 232 g/mol. The van der Waals surface area contributed by atoms with E-state index in [1.165, 1.54) is 64.3 Å². The van der Waals surface area contributed by atoms with E-state index in [2.05, 4.69) is 31.0 Å². The highest BCUT2D eigenvalue weighted by Crippen LogP contribution is 2.38. The molecule has 2 aliphatic heterocycles. The molecule has 3 atom stereocenters. The predicted octanol–water partition coefficient (Wildman–Crippen LogP) is 3.95. The summed E-state index contributed by atoms with van der Waals surface area (Å²) in [6.07, 6.45) is 12.6. The minimum absolute atomic E-state index is 0.802. The standard InChI is InChI=1S/C17H34N2/c1-4-6-7-8-14(3)19-16-9-10-17(19)13-15(12-16)18-11-5-2/h14-18H,4-13H2,1-3H3. The Hall–Kier alpha value is -0.0800. The SMILES string of the molecule is CCCCCC(C)N1C2CCC1CC(NCCC)C2. The fourth-order valence-corrected chi connectivity index (χ4v) is 4.29. The van der Waals surface area contributed by atoms with Crippen molar-refractivity contribution in [3.8, 4) is 0 Å². The van der Waals surface area contributed by atoms with Gasteiger partial charge in [-0.25, -0.2) is 0 Å². The van der Waals surface area contributed by atoms with Crippen LogP contribution >= 0.6 is 0 Å². The normalized spacial score (nSPS) is 32.7. The first-order valence-corrected chi connectivity index (χ1v) is 8.77. The number of piperidine rings is 1. The monoisotopic (exact) mass is 266 g/mol. The molecule has 0 saturated carbocycles. The van der Waals surface area contributed by atoms with E-state index in [1.54, 1.807) is 0 Å². The maximum absolute atomic E-state index is 3.76. The smallest absolute Gasteiger partial charge is 0.0116 e. The van der Waals surface area contributed by atoms with Crippen LogP contribution in [0.3, 0.4) is 0 Å². The third-order valence-electron chi connectivity index (χ3n) is 5.21. The summed E-state index contributed by atoms with van der Waals surface area (Å²) in [5, 5.41) is 3.76. The van der Waals surface area contributed by atoms with Crippen LogP contribution < -0.4 is 5.32 Å². The molecule has 2 heterocycles. The molecule has 19 heavy (non-hydrogen) atoms. The van der Waals surface area contributed by atoms with Crippen molar-refractivity contribution in [3.05, 3.63) is 0 Å². The molecule has 0 aliphatic carbocycles. The number of hydrogen-bond donors (Lipinski definition) is 1. The molecule has 0 spiro atoms. The second-order valence-electron chi connectivity index (χ2n) is 6.80. The summed E-state index contributed by atoms with van der Waals surface area (Å²) >= 11 is 0. The molecule has 2 aliphatic rings. The van der Waals surface area contributed by atoms with Crippen molar-refractivity contribution >= 4 is 0 Å². The van der Waals surface area contributed by atoms with Crippen molar-refractivity contribution in [2.24, 2.45) is 0 Å². The molecule has 1 N–H and O–H groups in total. The first kappa shape index (κ1) is 15.3. The van der Waals surface area contributed by atoms with Crippen LogP contribution in [0.25, 0.3) is 0 Å². The van der Waals surface area contributed by atoms with Gasteiger partial charge in [0.25, 0.3) is 0 Å². The zero-order valence-corrected chi connectivity index (χ0v) is 13.3. The maximum Gasteiger partial charge on any atom is 0.0116 e. The molecule has 2 fully saturated rings. The first-order chi connectivity index (χ1) is 9.26. The fraction of sp³-hybridized carbons (Fsp3) is 1.00. The molecule has 2 heteroatoms. The van der Waals surface area contributed by atoms with Crippen molar-refractivity contribution in [3.63, 3.8) is 0 Å². The van der Waals surface area contributed by atoms with Gasteiger partial charge in [-0.3, -0.25) is 4.90 Å². The number of nitrogens with zero attached hydrogens (tertiary/aromatic N) is 1. The molecule has 112 valence electrons. The van der Waals surface area contributed by atoms with E-state index >= 15 is 0 Å². The molecule has 0 amide bonds. The molecule has 3 unspecified atom stereocenters. The van der Waals surface area contributed by atoms with E-state index < -0.39 is 0 Å². The summed E-state index contributed by atoms with van der Waals surface area (Å²) in [5.74, 6) is 0. The van der Waals surface area contributed by atoms with Crippen molar-refractivity contribution in [2.75, 3.05) is 6.54 Å². The highest BCUT2D eigenvalue weighted by molar-refractivity contribution is 4.99. The minimum atomic E-state index is 0.802. The Bertz CT molecular complexity index is 240. The van der Waals surface area contributed by atoms with Gasteiger partial charge < -0.3 is 5.32 Å². The molecule has 2 saturated heterocycles. The Kier molecular flexibility index (Phi) is 6.15. The summed E-state index contributed by atoms with van der Waals surface area (Å²) < 4.78 is 0.